The van der Waals surface area contributed by atoms with Crippen molar-refractivity contribution in [2.24, 2.45) is 12.0 Å². The third-order valence-corrected chi connectivity index (χ3v) is 4.92. The average Bonchev–Trinajstić information content (AvgIpc) is 2.81. The number of nitro groups is 1. The number of esters is 1. The van der Waals surface area contributed by atoms with Crippen molar-refractivity contribution in [3.63, 3.8) is 0 Å². The van der Waals surface area contributed by atoms with Crippen molar-refractivity contribution < 1.29 is 19.2 Å². The zero-order valence-electron chi connectivity index (χ0n) is 17.6. The summed E-state index contributed by atoms with van der Waals surface area (Å²) in [6.45, 7) is 1.68. The van der Waals surface area contributed by atoms with Crippen LogP contribution in [-0.2, 0) is 11.8 Å². The number of fused-ring (bicyclic) bond motifs is 2. The van der Waals surface area contributed by atoms with Gasteiger partial charge in [-0.15, -0.1) is 0 Å². The Morgan fingerprint density at radius 3 is 2.70 bits per heavy atom. The summed E-state index contributed by atoms with van der Waals surface area (Å²) in [5.74, 6) is -1.59. The van der Waals surface area contributed by atoms with Gasteiger partial charge in [-0.2, -0.15) is 4.99 Å². The Morgan fingerprint density at radius 2 is 1.97 bits per heavy atom. The SMILES string of the molecule is CCOC(=O)c1cc2c(=O)n3ccccc3nc2n(C)c1=NC(=O)c1cccc([N+](=O)[O-])c1. The highest BCUT2D eigenvalue weighted by Crippen LogP contribution is 2.14. The largest absolute Gasteiger partial charge is 0.462 e. The van der Waals surface area contributed by atoms with Gasteiger partial charge in [-0.1, -0.05) is 12.1 Å². The van der Waals surface area contributed by atoms with Gasteiger partial charge in [0.15, 0.2) is 5.49 Å². The second-order valence-corrected chi connectivity index (χ2v) is 6.97. The van der Waals surface area contributed by atoms with E-state index in [0.717, 1.165) is 6.07 Å². The molecule has 0 N–H and O–H groups in total. The first kappa shape index (κ1) is 21.6. The Kier molecular flexibility index (Phi) is 5.53. The van der Waals surface area contributed by atoms with Gasteiger partial charge in [0.25, 0.3) is 17.2 Å². The van der Waals surface area contributed by atoms with E-state index in [1.54, 1.807) is 31.3 Å². The molecule has 1 aromatic carbocycles. The second-order valence-electron chi connectivity index (χ2n) is 6.97. The summed E-state index contributed by atoms with van der Waals surface area (Å²) in [4.78, 5) is 57.5. The Hall–Kier alpha value is -4.67. The predicted molar refractivity (Wildman–Crippen MR) is 117 cm³/mol. The van der Waals surface area contributed by atoms with Gasteiger partial charge < -0.3 is 9.30 Å². The summed E-state index contributed by atoms with van der Waals surface area (Å²) in [6.07, 6.45) is 1.55. The van der Waals surface area contributed by atoms with E-state index < -0.39 is 22.4 Å². The van der Waals surface area contributed by atoms with Crippen LogP contribution in [0.3, 0.4) is 0 Å². The number of ether oxygens (including phenoxy) is 1. The van der Waals surface area contributed by atoms with Crippen LogP contribution in [0.5, 0.6) is 0 Å². The number of amides is 1. The van der Waals surface area contributed by atoms with Crippen LogP contribution < -0.4 is 11.0 Å². The first-order valence-corrected chi connectivity index (χ1v) is 9.83. The number of pyridine rings is 2. The topological polar surface area (TPSA) is 138 Å². The molecule has 0 atom stereocenters. The van der Waals surface area contributed by atoms with Crippen molar-refractivity contribution in [1.29, 1.82) is 0 Å². The highest BCUT2D eigenvalue weighted by Gasteiger charge is 2.19. The fourth-order valence-electron chi connectivity index (χ4n) is 3.37. The van der Waals surface area contributed by atoms with Crippen molar-refractivity contribution in [3.05, 3.63) is 91.8 Å². The molecule has 0 bridgehead atoms. The fourth-order valence-corrected chi connectivity index (χ4v) is 3.37. The molecule has 33 heavy (non-hydrogen) atoms. The molecule has 11 nitrogen and oxygen atoms in total. The average molecular weight is 447 g/mol. The van der Waals surface area contributed by atoms with Gasteiger partial charge in [-0.25, -0.2) is 9.78 Å². The van der Waals surface area contributed by atoms with E-state index in [9.17, 15) is 24.5 Å². The van der Waals surface area contributed by atoms with Gasteiger partial charge in [0, 0.05) is 30.9 Å². The first-order valence-electron chi connectivity index (χ1n) is 9.83. The van der Waals surface area contributed by atoms with E-state index in [2.05, 4.69) is 9.98 Å². The van der Waals surface area contributed by atoms with Crippen molar-refractivity contribution in [2.45, 2.75) is 6.92 Å². The number of aromatic nitrogens is 3. The van der Waals surface area contributed by atoms with Crippen LogP contribution in [0.4, 0.5) is 5.69 Å². The van der Waals surface area contributed by atoms with Gasteiger partial charge in [-0.3, -0.25) is 24.1 Å². The predicted octanol–water partition coefficient (Wildman–Crippen LogP) is 2.01. The minimum Gasteiger partial charge on any atom is -0.462 e. The summed E-state index contributed by atoms with van der Waals surface area (Å²) in [5, 5.41) is 11.2. The minimum atomic E-state index is -0.809. The highest BCUT2D eigenvalue weighted by molar-refractivity contribution is 5.97. The lowest BCUT2D eigenvalue weighted by atomic mass is 10.2. The molecule has 0 aliphatic rings. The maximum absolute atomic E-state index is 13.0. The Labute approximate surface area is 185 Å². The summed E-state index contributed by atoms with van der Waals surface area (Å²) < 4.78 is 7.78. The molecule has 0 radical (unpaired) electrons. The van der Waals surface area contributed by atoms with Gasteiger partial charge in [-0.05, 0) is 31.2 Å². The van der Waals surface area contributed by atoms with Crippen LogP contribution in [0, 0.1) is 10.1 Å². The van der Waals surface area contributed by atoms with E-state index in [-0.39, 0.29) is 39.9 Å². The standard InChI is InChI=1S/C22H17N5O6/c1-3-33-22(30)16-12-15-18(23-17-9-4-5-10-26(17)21(15)29)25(2)19(16)24-20(28)13-7-6-8-14(11-13)27(31)32/h4-12H,3H2,1-2H3. The minimum absolute atomic E-state index is 0.0364. The van der Waals surface area contributed by atoms with Crippen LogP contribution in [0.15, 0.2) is 64.5 Å². The normalized spacial score (nSPS) is 11.6. The van der Waals surface area contributed by atoms with Crippen molar-refractivity contribution in [1.82, 2.24) is 14.0 Å². The summed E-state index contributed by atoms with van der Waals surface area (Å²) in [6, 6.07) is 11.4. The molecule has 0 unspecified atom stereocenters. The first-order chi connectivity index (χ1) is 15.8. The molecule has 0 saturated heterocycles. The maximum atomic E-state index is 13.0. The number of benzene rings is 1. The van der Waals surface area contributed by atoms with Crippen LogP contribution in [-0.4, -0.2) is 37.4 Å². The molecule has 0 aliphatic heterocycles. The molecular formula is C22H17N5O6. The third kappa shape index (κ3) is 3.87. The smallest absolute Gasteiger partial charge is 0.341 e. The number of nitrogens with zero attached hydrogens (tertiary/aromatic N) is 5. The van der Waals surface area contributed by atoms with Crippen molar-refractivity contribution >= 4 is 34.2 Å². The molecule has 0 spiro atoms. The second kappa shape index (κ2) is 8.46. The van der Waals surface area contributed by atoms with E-state index >= 15 is 0 Å². The van der Waals surface area contributed by atoms with Crippen molar-refractivity contribution in [3.8, 4) is 0 Å². The quantitative estimate of drug-likeness (QED) is 0.202. The summed E-state index contributed by atoms with van der Waals surface area (Å²) >= 11 is 0. The van der Waals surface area contributed by atoms with E-state index in [4.69, 9.17) is 4.74 Å². The molecule has 1 amide bonds. The zero-order chi connectivity index (χ0) is 23.7. The van der Waals surface area contributed by atoms with E-state index in [1.807, 2.05) is 0 Å². The lowest BCUT2D eigenvalue weighted by Crippen LogP contribution is -2.31. The molecular weight excluding hydrogens is 430 g/mol. The number of non-ortho nitro benzene ring substituents is 1. The zero-order valence-corrected chi connectivity index (χ0v) is 17.6. The number of carbonyl (C=O) groups is 2. The molecule has 0 fully saturated rings. The molecule has 4 aromatic rings. The van der Waals surface area contributed by atoms with Crippen molar-refractivity contribution in [2.75, 3.05) is 6.61 Å². The monoisotopic (exact) mass is 447 g/mol. The van der Waals surface area contributed by atoms with E-state index in [1.165, 1.54) is 40.3 Å². The lowest BCUT2D eigenvalue weighted by Gasteiger charge is -2.11. The molecule has 0 aliphatic carbocycles. The van der Waals surface area contributed by atoms with Gasteiger partial charge >= 0.3 is 5.97 Å². The molecule has 3 heterocycles. The lowest BCUT2D eigenvalue weighted by molar-refractivity contribution is -0.384. The number of nitro benzene ring substituents is 1. The van der Waals surface area contributed by atoms with Crippen LogP contribution >= 0.6 is 0 Å². The van der Waals surface area contributed by atoms with Crippen LogP contribution in [0.25, 0.3) is 16.7 Å². The maximum Gasteiger partial charge on any atom is 0.341 e. The number of rotatable bonds is 4. The molecule has 4 rings (SSSR count). The van der Waals surface area contributed by atoms with E-state index in [0.29, 0.717) is 5.65 Å². The Bertz CT molecular complexity index is 1580. The number of carbonyl (C=O) groups excluding carboxylic acids is 2. The number of aryl methyl sites for hydroxylation is 1. The van der Waals surface area contributed by atoms with Crippen LogP contribution in [0.1, 0.15) is 27.6 Å². The van der Waals surface area contributed by atoms with Crippen LogP contribution in [0.2, 0.25) is 0 Å². The summed E-state index contributed by atoms with van der Waals surface area (Å²) in [5.41, 5.74) is -0.356. The Morgan fingerprint density at radius 1 is 1.18 bits per heavy atom. The highest BCUT2D eigenvalue weighted by atomic mass is 16.6. The molecule has 166 valence electrons. The number of hydrogen-bond acceptors (Lipinski definition) is 7. The Balaban J connectivity index is 2.03. The third-order valence-electron chi connectivity index (χ3n) is 4.92. The molecule has 11 heteroatoms. The fraction of sp³-hybridized carbons (Fsp3) is 0.136. The molecule has 0 saturated carbocycles. The number of hydrogen-bond donors (Lipinski definition) is 0. The molecule has 3 aromatic heterocycles. The summed E-state index contributed by atoms with van der Waals surface area (Å²) in [7, 11) is 1.51. The van der Waals surface area contributed by atoms with Gasteiger partial charge in [0.05, 0.1) is 16.9 Å². The van der Waals surface area contributed by atoms with Gasteiger partial charge in [0.1, 0.15) is 16.9 Å². The van der Waals surface area contributed by atoms with Gasteiger partial charge in [0.2, 0.25) is 0 Å².